The van der Waals surface area contributed by atoms with Crippen LogP contribution in [0.15, 0.2) is 29.0 Å². The van der Waals surface area contributed by atoms with Gasteiger partial charge in [-0.25, -0.2) is 0 Å². The third-order valence-corrected chi connectivity index (χ3v) is 4.79. The standard InChI is InChI=1S/C15H12ClN5OS/c1-8-14-10(9-4-5-23-7-9)6-13(22)17-15(14)21(20-8)12-3-2-11(16)18-19-12/h2-5,7,10H,6H2,1H3,(H,17,22)/t10-/m1/s1. The Morgan fingerprint density at radius 2 is 2.22 bits per heavy atom. The van der Waals surface area contributed by atoms with E-state index < -0.39 is 0 Å². The lowest BCUT2D eigenvalue weighted by Crippen LogP contribution is -2.24. The molecule has 0 fully saturated rings. The minimum atomic E-state index is -0.0308. The van der Waals surface area contributed by atoms with Crippen molar-refractivity contribution in [3.05, 3.63) is 50.9 Å². The van der Waals surface area contributed by atoms with E-state index in [9.17, 15) is 4.79 Å². The number of aromatic nitrogens is 4. The van der Waals surface area contributed by atoms with Gasteiger partial charge in [0.1, 0.15) is 5.82 Å². The molecule has 116 valence electrons. The predicted octanol–water partition coefficient (Wildman–Crippen LogP) is 3.16. The van der Waals surface area contributed by atoms with Gasteiger partial charge in [-0.3, -0.25) is 4.79 Å². The van der Waals surface area contributed by atoms with Crippen molar-refractivity contribution in [2.75, 3.05) is 5.32 Å². The molecule has 1 atom stereocenters. The van der Waals surface area contributed by atoms with Gasteiger partial charge in [-0.2, -0.15) is 21.1 Å². The fourth-order valence-corrected chi connectivity index (χ4v) is 3.71. The van der Waals surface area contributed by atoms with Crippen molar-refractivity contribution in [2.45, 2.75) is 19.3 Å². The fraction of sp³-hybridized carbons (Fsp3) is 0.200. The van der Waals surface area contributed by atoms with E-state index in [2.05, 4.69) is 32.1 Å². The number of nitrogens with zero attached hydrogens (tertiary/aromatic N) is 4. The van der Waals surface area contributed by atoms with Gasteiger partial charge in [-0.15, -0.1) is 10.2 Å². The Labute approximate surface area is 141 Å². The number of hydrogen-bond donors (Lipinski definition) is 1. The van der Waals surface area contributed by atoms with Crippen LogP contribution in [0.4, 0.5) is 5.82 Å². The molecule has 0 saturated carbocycles. The maximum Gasteiger partial charge on any atom is 0.226 e. The van der Waals surface area contributed by atoms with E-state index >= 15 is 0 Å². The second-order valence-electron chi connectivity index (χ2n) is 5.34. The Bertz CT molecular complexity index is 872. The molecule has 1 amide bonds. The zero-order valence-corrected chi connectivity index (χ0v) is 13.7. The molecule has 1 aliphatic rings. The third kappa shape index (κ3) is 2.42. The molecule has 1 aliphatic heterocycles. The highest BCUT2D eigenvalue weighted by atomic mass is 35.5. The van der Waals surface area contributed by atoms with E-state index in [4.69, 9.17) is 11.6 Å². The summed E-state index contributed by atoms with van der Waals surface area (Å²) in [4.78, 5) is 12.2. The van der Waals surface area contributed by atoms with Crippen LogP contribution in [0.5, 0.6) is 0 Å². The Kier molecular flexibility index (Phi) is 3.39. The van der Waals surface area contributed by atoms with Crippen molar-refractivity contribution < 1.29 is 4.79 Å². The summed E-state index contributed by atoms with van der Waals surface area (Å²) >= 11 is 7.41. The first kappa shape index (κ1) is 14.3. The highest BCUT2D eigenvalue weighted by molar-refractivity contribution is 7.08. The molecule has 0 bridgehead atoms. The molecule has 3 aromatic heterocycles. The van der Waals surface area contributed by atoms with Crippen LogP contribution in [-0.2, 0) is 4.79 Å². The molecule has 3 aromatic rings. The van der Waals surface area contributed by atoms with Crippen molar-refractivity contribution >= 4 is 34.7 Å². The molecule has 1 N–H and O–H groups in total. The first-order chi connectivity index (χ1) is 11.1. The van der Waals surface area contributed by atoms with Crippen LogP contribution in [0.3, 0.4) is 0 Å². The van der Waals surface area contributed by atoms with Crippen molar-refractivity contribution in [2.24, 2.45) is 0 Å². The van der Waals surface area contributed by atoms with Gasteiger partial charge < -0.3 is 5.32 Å². The van der Waals surface area contributed by atoms with Crippen molar-refractivity contribution in [1.82, 2.24) is 20.0 Å². The summed E-state index contributed by atoms with van der Waals surface area (Å²) in [7, 11) is 0. The summed E-state index contributed by atoms with van der Waals surface area (Å²) in [5.41, 5.74) is 3.03. The Hall–Kier alpha value is -2.25. The van der Waals surface area contributed by atoms with Crippen LogP contribution in [0.2, 0.25) is 5.15 Å². The number of nitrogens with one attached hydrogen (secondary N) is 1. The van der Waals surface area contributed by atoms with Gasteiger partial charge in [0.15, 0.2) is 11.0 Å². The molecule has 23 heavy (non-hydrogen) atoms. The smallest absolute Gasteiger partial charge is 0.226 e. The number of halogens is 1. The molecule has 0 radical (unpaired) electrons. The molecular weight excluding hydrogens is 334 g/mol. The topological polar surface area (TPSA) is 72.7 Å². The molecule has 4 rings (SSSR count). The summed E-state index contributed by atoms with van der Waals surface area (Å²) in [6.45, 7) is 1.94. The zero-order chi connectivity index (χ0) is 16.0. The predicted molar refractivity (Wildman–Crippen MR) is 88.3 cm³/mol. The second kappa shape index (κ2) is 5.43. The largest absolute Gasteiger partial charge is 0.310 e. The van der Waals surface area contributed by atoms with Crippen molar-refractivity contribution in [3.8, 4) is 5.82 Å². The summed E-state index contributed by atoms with van der Waals surface area (Å²) in [6.07, 6.45) is 0.419. The van der Waals surface area contributed by atoms with E-state index in [1.807, 2.05) is 12.3 Å². The van der Waals surface area contributed by atoms with E-state index in [0.717, 1.165) is 16.8 Å². The lowest BCUT2D eigenvalue weighted by atomic mass is 9.87. The number of hydrogen-bond acceptors (Lipinski definition) is 5. The molecule has 0 unspecified atom stereocenters. The summed E-state index contributed by atoms with van der Waals surface area (Å²) in [5, 5.41) is 19.8. The molecule has 0 aliphatic carbocycles. The monoisotopic (exact) mass is 345 g/mol. The van der Waals surface area contributed by atoms with Gasteiger partial charge >= 0.3 is 0 Å². The van der Waals surface area contributed by atoms with Crippen molar-refractivity contribution in [3.63, 3.8) is 0 Å². The number of thiophene rings is 1. The van der Waals surface area contributed by atoms with Gasteiger partial charge in [-0.1, -0.05) is 11.6 Å². The number of aryl methyl sites for hydroxylation is 1. The number of rotatable bonds is 2. The van der Waals surface area contributed by atoms with E-state index in [1.165, 1.54) is 0 Å². The molecule has 0 saturated heterocycles. The molecule has 4 heterocycles. The van der Waals surface area contributed by atoms with Gasteiger partial charge in [0, 0.05) is 17.9 Å². The van der Waals surface area contributed by atoms with Crippen LogP contribution in [-0.4, -0.2) is 25.9 Å². The molecule has 8 heteroatoms. The fourth-order valence-electron chi connectivity index (χ4n) is 2.89. The van der Waals surface area contributed by atoms with Crippen molar-refractivity contribution in [1.29, 1.82) is 0 Å². The van der Waals surface area contributed by atoms with Crippen LogP contribution in [0, 0.1) is 6.92 Å². The average molecular weight is 346 g/mol. The Balaban J connectivity index is 1.88. The molecule has 0 spiro atoms. The number of amides is 1. The molecule has 0 aromatic carbocycles. The molecule has 6 nitrogen and oxygen atoms in total. The lowest BCUT2D eigenvalue weighted by Gasteiger charge is -2.23. The maximum atomic E-state index is 12.2. The van der Waals surface area contributed by atoms with Gasteiger partial charge in [-0.05, 0) is 41.4 Å². The Morgan fingerprint density at radius 1 is 1.35 bits per heavy atom. The number of carbonyl (C=O) groups excluding carboxylic acids is 1. The average Bonchev–Trinajstić information content (AvgIpc) is 3.16. The highest BCUT2D eigenvalue weighted by Crippen LogP contribution is 2.40. The van der Waals surface area contributed by atoms with Crippen LogP contribution in [0.1, 0.15) is 29.2 Å². The van der Waals surface area contributed by atoms with Gasteiger partial charge in [0.25, 0.3) is 0 Å². The summed E-state index contributed by atoms with van der Waals surface area (Å²) < 4.78 is 1.62. The zero-order valence-electron chi connectivity index (χ0n) is 12.2. The van der Waals surface area contributed by atoms with Crippen LogP contribution < -0.4 is 5.32 Å². The van der Waals surface area contributed by atoms with Gasteiger partial charge in [0.05, 0.1) is 5.69 Å². The Morgan fingerprint density at radius 3 is 2.91 bits per heavy atom. The highest BCUT2D eigenvalue weighted by Gasteiger charge is 2.33. The number of fused-ring (bicyclic) bond motifs is 1. The number of anilines is 1. The summed E-state index contributed by atoms with van der Waals surface area (Å²) in [5.74, 6) is 1.16. The van der Waals surface area contributed by atoms with E-state index in [1.54, 1.807) is 28.2 Å². The first-order valence-corrected chi connectivity index (χ1v) is 8.36. The van der Waals surface area contributed by atoms with Gasteiger partial charge in [0.2, 0.25) is 5.91 Å². The van der Waals surface area contributed by atoms with E-state index in [0.29, 0.717) is 23.2 Å². The SMILES string of the molecule is Cc1nn(-c2ccc(Cl)nn2)c2c1[C@@H](c1ccsc1)CC(=O)N2. The van der Waals surface area contributed by atoms with E-state index in [-0.39, 0.29) is 11.8 Å². The first-order valence-electron chi connectivity index (χ1n) is 7.04. The maximum absolute atomic E-state index is 12.2. The van der Waals surface area contributed by atoms with Crippen LogP contribution in [0.25, 0.3) is 5.82 Å². The third-order valence-electron chi connectivity index (χ3n) is 3.88. The normalized spacial score (nSPS) is 17.0. The minimum Gasteiger partial charge on any atom is -0.310 e. The second-order valence-corrected chi connectivity index (χ2v) is 6.50. The quantitative estimate of drug-likeness (QED) is 0.774. The summed E-state index contributed by atoms with van der Waals surface area (Å²) in [6, 6.07) is 5.42. The minimum absolute atomic E-state index is 0.0130. The lowest BCUT2D eigenvalue weighted by molar-refractivity contribution is -0.116. The number of carbonyl (C=O) groups is 1. The molecular formula is C15H12ClN5OS. The van der Waals surface area contributed by atoms with Crippen LogP contribution >= 0.6 is 22.9 Å².